The maximum Gasteiger partial charge on any atom is 0.215 e. The lowest BCUT2D eigenvalue weighted by Gasteiger charge is -2.22. The number of methoxy groups -OCH3 is 1. The van der Waals surface area contributed by atoms with Crippen LogP contribution >= 0.6 is 24.0 Å². The van der Waals surface area contributed by atoms with Gasteiger partial charge in [-0.1, -0.05) is 0 Å². The van der Waals surface area contributed by atoms with Crippen LogP contribution in [0, 0.1) is 4.77 Å². The molecule has 3 rings (SSSR count). The first-order valence-electron chi connectivity index (χ1n) is 6.02. The molecular formula is C12H15N3OS2. The molecule has 96 valence electrons. The van der Waals surface area contributed by atoms with Crippen LogP contribution in [0.15, 0.2) is 12.1 Å². The van der Waals surface area contributed by atoms with Gasteiger partial charge in [0.25, 0.3) is 0 Å². The second-order valence-corrected chi connectivity index (χ2v) is 5.93. The predicted molar refractivity (Wildman–Crippen MR) is 77.1 cm³/mol. The first kappa shape index (κ1) is 12.0. The highest BCUT2D eigenvalue weighted by Gasteiger charge is 2.19. The number of fused-ring (bicyclic) bond motifs is 1. The van der Waals surface area contributed by atoms with Crippen LogP contribution in [-0.2, 0) is 0 Å². The zero-order chi connectivity index (χ0) is 12.5. The van der Waals surface area contributed by atoms with Gasteiger partial charge >= 0.3 is 0 Å². The summed E-state index contributed by atoms with van der Waals surface area (Å²) in [7, 11) is 1.64. The van der Waals surface area contributed by atoms with Crippen molar-refractivity contribution < 1.29 is 4.74 Å². The van der Waals surface area contributed by atoms with Crippen molar-refractivity contribution in [1.29, 1.82) is 0 Å². The molecule has 0 saturated carbocycles. The van der Waals surface area contributed by atoms with Crippen LogP contribution in [0.25, 0.3) is 11.2 Å². The van der Waals surface area contributed by atoms with E-state index in [1.54, 1.807) is 7.11 Å². The van der Waals surface area contributed by atoms with E-state index in [-0.39, 0.29) is 0 Å². The van der Waals surface area contributed by atoms with Gasteiger partial charge in [0.15, 0.2) is 10.4 Å². The number of hydrogen-bond acceptors (Lipinski definition) is 4. The second kappa shape index (κ2) is 4.93. The Morgan fingerprint density at radius 3 is 3.17 bits per heavy atom. The normalized spacial score (nSPS) is 20.2. The van der Waals surface area contributed by atoms with Gasteiger partial charge in [0.2, 0.25) is 5.88 Å². The average molecular weight is 281 g/mol. The number of H-pyrrole nitrogens is 1. The summed E-state index contributed by atoms with van der Waals surface area (Å²) in [6.45, 7) is 0. The third-order valence-electron chi connectivity index (χ3n) is 3.25. The summed E-state index contributed by atoms with van der Waals surface area (Å²) in [4.78, 5) is 7.75. The van der Waals surface area contributed by atoms with E-state index in [0.717, 1.165) is 21.7 Å². The zero-order valence-electron chi connectivity index (χ0n) is 10.2. The van der Waals surface area contributed by atoms with Crippen molar-refractivity contribution in [2.45, 2.75) is 18.9 Å². The van der Waals surface area contributed by atoms with E-state index in [0.29, 0.717) is 11.9 Å². The molecule has 2 aromatic rings. The molecule has 0 amide bonds. The Hall–Kier alpha value is -1.01. The molecule has 1 N–H and O–H groups in total. The first-order chi connectivity index (χ1) is 8.79. The van der Waals surface area contributed by atoms with Gasteiger partial charge in [-0.2, -0.15) is 16.7 Å². The van der Waals surface area contributed by atoms with E-state index in [1.165, 1.54) is 18.6 Å². The predicted octanol–water partition coefficient (Wildman–Crippen LogP) is 3.17. The van der Waals surface area contributed by atoms with Crippen molar-refractivity contribution in [1.82, 2.24) is 14.5 Å². The van der Waals surface area contributed by atoms with E-state index < -0.39 is 0 Å². The molecule has 0 aromatic carbocycles. The lowest BCUT2D eigenvalue weighted by atomic mass is 10.2. The second-order valence-electron chi connectivity index (χ2n) is 4.40. The molecule has 1 fully saturated rings. The quantitative estimate of drug-likeness (QED) is 0.859. The van der Waals surface area contributed by atoms with Crippen molar-refractivity contribution >= 4 is 35.1 Å². The monoisotopic (exact) mass is 281 g/mol. The molecule has 1 atom stereocenters. The van der Waals surface area contributed by atoms with Crippen molar-refractivity contribution in [2.75, 3.05) is 18.6 Å². The fraction of sp³-hybridized carbons (Fsp3) is 0.500. The van der Waals surface area contributed by atoms with Gasteiger partial charge in [-0.3, -0.25) is 4.57 Å². The number of aromatic amines is 1. The minimum atomic E-state index is 0.449. The highest BCUT2D eigenvalue weighted by Crippen LogP contribution is 2.30. The minimum absolute atomic E-state index is 0.449. The summed E-state index contributed by atoms with van der Waals surface area (Å²) in [5.41, 5.74) is 1.89. The number of rotatable bonds is 2. The molecule has 6 heteroatoms. The fourth-order valence-electron chi connectivity index (χ4n) is 2.36. The van der Waals surface area contributed by atoms with Crippen LogP contribution in [0.2, 0.25) is 0 Å². The lowest BCUT2D eigenvalue weighted by molar-refractivity contribution is 0.398. The summed E-state index contributed by atoms with van der Waals surface area (Å²) in [6, 6.07) is 4.28. The van der Waals surface area contributed by atoms with Gasteiger partial charge < -0.3 is 9.72 Å². The van der Waals surface area contributed by atoms with E-state index in [2.05, 4.69) is 14.5 Å². The minimum Gasteiger partial charge on any atom is -0.481 e. The SMILES string of the molecule is COc1ccc2[nH]c(=S)n(C3CCCSC3)c2n1. The fourth-order valence-corrected chi connectivity index (χ4v) is 3.83. The van der Waals surface area contributed by atoms with Crippen molar-refractivity contribution in [2.24, 2.45) is 0 Å². The third kappa shape index (κ3) is 2.03. The number of pyridine rings is 1. The van der Waals surface area contributed by atoms with Crippen LogP contribution in [0.1, 0.15) is 18.9 Å². The Kier molecular flexibility index (Phi) is 3.30. The standard InChI is InChI=1S/C12H15N3OS2/c1-16-10-5-4-9-11(14-10)15(12(17)13-9)8-3-2-6-18-7-8/h4-5,8H,2-3,6-7H2,1H3,(H,13,17). The molecule has 0 spiro atoms. The topological polar surface area (TPSA) is 42.8 Å². The molecule has 1 aliphatic rings. The Balaban J connectivity index is 2.13. The zero-order valence-corrected chi connectivity index (χ0v) is 11.8. The molecule has 3 heterocycles. The Labute approximate surface area is 115 Å². The molecule has 18 heavy (non-hydrogen) atoms. The smallest absolute Gasteiger partial charge is 0.215 e. The average Bonchev–Trinajstić information content (AvgIpc) is 2.74. The van der Waals surface area contributed by atoms with Crippen LogP contribution in [0.3, 0.4) is 0 Å². The van der Waals surface area contributed by atoms with Gasteiger partial charge in [0, 0.05) is 17.9 Å². The van der Waals surface area contributed by atoms with Crippen LogP contribution in [0.5, 0.6) is 5.88 Å². The lowest BCUT2D eigenvalue weighted by Crippen LogP contribution is -2.16. The number of ether oxygens (including phenoxy) is 1. The molecule has 0 bridgehead atoms. The van der Waals surface area contributed by atoms with Gasteiger partial charge in [-0.25, -0.2) is 0 Å². The maximum absolute atomic E-state index is 5.43. The van der Waals surface area contributed by atoms with Gasteiger partial charge in [-0.05, 0) is 36.9 Å². The molecular weight excluding hydrogens is 266 g/mol. The largest absolute Gasteiger partial charge is 0.481 e. The molecule has 1 saturated heterocycles. The van der Waals surface area contributed by atoms with E-state index >= 15 is 0 Å². The molecule has 4 nitrogen and oxygen atoms in total. The van der Waals surface area contributed by atoms with Crippen molar-refractivity contribution in [3.05, 3.63) is 16.9 Å². The Bertz CT molecular complexity index is 613. The van der Waals surface area contributed by atoms with E-state index in [1.807, 2.05) is 23.9 Å². The number of nitrogens with one attached hydrogen (secondary N) is 1. The Morgan fingerprint density at radius 1 is 1.56 bits per heavy atom. The van der Waals surface area contributed by atoms with E-state index in [4.69, 9.17) is 17.0 Å². The highest BCUT2D eigenvalue weighted by atomic mass is 32.2. The van der Waals surface area contributed by atoms with Gasteiger partial charge in [0.05, 0.1) is 12.6 Å². The third-order valence-corrected chi connectivity index (χ3v) is 4.75. The number of hydrogen-bond donors (Lipinski definition) is 1. The number of thioether (sulfide) groups is 1. The number of nitrogens with zero attached hydrogens (tertiary/aromatic N) is 2. The van der Waals surface area contributed by atoms with E-state index in [9.17, 15) is 0 Å². The summed E-state index contributed by atoms with van der Waals surface area (Å²) < 4.78 is 8.11. The molecule has 2 aromatic heterocycles. The molecule has 1 unspecified atom stereocenters. The molecule has 0 radical (unpaired) electrons. The van der Waals surface area contributed by atoms with Crippen LogP contribution in [0.4, 0.5) is 0 Å². The van der Waals surface area contributed by atoms with Gasteiger partial charge in [-0.15, -0.1) is 0 Å². The molecule has 0 aliphatic carbocycles. The Morgan fingerprint density at radius 2 is 2.44 bits per heavy atom. The summed E-state index contributed by atoms with van der Waals surface area (Å²) in [6.07, 6.45) is 2.42. The first-order valence-corrected chi connectivity index (χ1v) is 7.59. The summed E-state index contributed by atoms with van der Waals surface area (Å²) in [5.74, 6) is 3.00. The van der Waals surface area contributed by atoms with Crippen LogP contribution in [-0.4, -0.2) is 33.2 Å². The maximum atomic E-state index is 5.43. The van der Waals surface area contributed by atoms with Crippen LogP contribution < -0.4 is 4.74 Å². The summed E-state index contributed by atoms with van der Waals surface area (Å²) >= 11 is 7.42. The number of aromatic nitrogens is 3. The van der Waals surface area contributed by atoms with Crippen molar-refractivity contribution in [3.8, 4) is 5.88 Å². The van der Waals surface area contributed by atoms with Crippen molar-refractivity contribution in [3.63, 3.8) is 0 Å². The van der Waals surface area contributed by atoms with Gasteiger partial charge in [0.1, 0.15) is 0 Å². The highest BCUT2D eigenvalue weighted by molar-refractivity contribution is 7.99. The summed E-state index contributed by atoms with van der Waals surface area (Å²) in [5, 5.41) is 0. The molecule has 1 aliphatic heterocycles. The number of imidazole rings is 1.